The largest absolute Gasteiger partial charge is 0.317 e. The van der Waals surface area contributed by atoms with E-state index in [0.29, 0.717) is 0 Å². The van der Waals surface area contributed by atoms with Crippen LogP contribution in [0.3, 0.4) is 0 Å². The molecule has 1 aliphatic rings. The van der Waals surface area contributed by atoms with Crippen LogP contribution in [-0.4, -0.2) is 13.1 Å². The van der Waals surface area contributed by atoms with Crippen LogP contribution in [0.15, 0.2) is 12.7 Å². The standard InChI is InChI=1S/C14H27N/c1-4-5-6-10-14(15-3)13-9-7-8-12(2)11-13/h4,12-15H,1,5-11H2,2-3H3. The number of hydrogen-bond donors (Lipinski definition) is 1. The lowest BCUT2D eigenvalue weighted by Gasteiger charge is -2.33. The zero-order valence-electron chi connectivity index (χ0n) is 10.5. The normalized spacial score (nSPS) is 28.7. The second-order valence-electron chi connectivity index (χ2n) is 5.15. The molecule has 1 N–H and O–H groups in total. The van der Waals surface area contributed by atoms with Crippen LogP contribution in [0.25, 0.3) is 0 Å². The molecule has 1 rings (SSSR count). The van der Waals surface area contributed by atoms with Crippen LogP contribution < -0.4 is 5.32 Å². The Bertz CT molecular complexity index is 176. The molecule has 1 saturated carbocycles. The summed E-state index contributed by atoms with van der Waals surface area (Å²) in [6, 6.07) is 0.743. The van der Waals surface area contributed by atoms with E-state index in [0.717, 1.165) is 17.9 Å². The molecule has 1 heteroatoms. The second kappa shape index (κ2) is 7.05. The van der Waals surface area contributed by atoms with Gasteiger partial charge >= 0.3 is 0 Å². The minimum absolute atomic E-state index is 0.743. The van der Waals surface area contributed by atoms with Crippen LogP contribution in [0.5, 0.6) is 0 Å². The van der Waals surface area contributed by atoms with Crippen LogP contribution in [-0.2, 0) is 0 Å². The van der Waals surface area contributed by atoms with Gasteiger partial charge in [-0.3, -0.25) is 0 Å². The highest BCUT2D eigenvalue weighted by molar-refractivity contribution is 4.81. The first-order valence-electron chi connectivity index (χ1n) is 6.56. The highest BCUT2D eigenvalue weighted by atomic mass is 14.9. The molecule has 0 bridgehead atoms. The SMILES string of the molecule is C=CCCCC(NC)C1CCCC(C)C1. The minimum Gasteiger partial charge on any atom is -0.317 e. The van der Waals surface area contributed by atoms with Crippen LogP contribution in [0.4, 0.5) is 0 Å². The molecule has 1 fully saturated rings. The van der Waals surface area contributed by atoms with E-state index in [1.807, 2.05) is 6.08 Å². The van der Waals surface area contributed by atoms with Gasteiger partial charge in [0, 0.05) is 6.04 Å². The summed E-state index contributed by atoms with van der Waals surface area (Å²) in [4.78, 5) is 0. The lowest BCUT2D eigenvalue weighted by atomic mass is 9.77. The molecule has 0 heterocycles. The van der Waals surface area contributed by atoms with E-state index in [4.69, 9.17) is 0 Å². The van der Waals surface area contributed by atoms with Crippen molar-refractivity contribution in [1.29, 1.82) is 0 Å². The molecule has 1 nitrogen and oxygen atoms in total. The van der Waals surface area contributed by atoms with Gasteiger partial charge in [0.2, 0.25) is 0 Å². The minimum atomic E-state index is 0.743. The van der Waals surface area contributed by atoms with Crippen molar-refractivity contribution in [3.05, 3.63) is 12.7 Å². The highest BCUT2D eigenvalue weighted by Gasteiger charge is 2.24. The fourth-order valence-electron chi connectivity index (χ4n) is 2.94. The maximum atomic E-state index is 3.79. The van der Waals surface area contributed by atoms with Crippen molar-refractivity contribution in [2.45, 2.75) is 57.9 Å². The van der Waals surface area contributed by atoms with Crippen molar-refractivity contribution in [2.24, 2.45) is 11.8 Å². The Morgan fingerprint density at radius 1 is 1.47 bits per heavy atom. The first kappa shape index (κ1) is 12.8. The monoisotopic (exact) mass is 209 g/mol. The van der Waals surface area contributed by atoms with Gasteiger partial charge < -0.3 is 5.32 Å². The fourth-order valence-corrected chi connectivity index (χ4v) is 2.94. The van der Waals surface area contributed by atoms with Crippen molar-refractivity contribution in [3.8, 4) is 0 Å². The Morgan fingerprint density at radius 3 is 2.87 bits per heavy atom. The van der Waals surface area contributed by atoms with Gasteiger partial charge in [-0.1, -0.05) is 25.8 Å². The predicted molar refractivity (Wildman–Crippen MR) is 68.0 cm³/mol. The summed E-state index contributed by atoms with van der Waals surface area (Å²) >= 11 is 0. The maximum absolute atomic E-state index is 3.79. The zero-order valence-corrected chi connectivity index (χ0v) is 10.5. The van der Waals surface area contributed by atoms with Crippen molar-refractivity contribution in [1.82, 2.24) is 5.32 Å². The average Bonchev–Trinajstić information content (AvgIpc) is 2.24. The molecule has 0 aromatic heterocycles. The van der Waals surface area contributed by atoms with Gasteiger partial charge in [0.15, 0.2) is 0 Å². The molecular weight excluding hydrogens is 182 g/mol. The van der Waals surface area contributed by atoms with E-state index in [2.05, 4.69) is 25.9 Å². The topological polar surface area (TPSA) is 12.0 Å². The average molecular weight is 209 g/mol. The van der Waals surface area contributed by atoms with Gasteiger partial charge in [-0.15, -0.1) is 6.58 Å². The third kappa shape index (κ3) is 4.38. The summed E-state index contributed by atoms with van der Waals surface area (Å²) in [6.45, 7) is 6.19. The molecule has 0 aromatic rings. The molecule has 0 aromatic carbocycles. The van der Waals surface area contributed by atoms with Crippen LogP contribution >= 0.6 is 0 Å². The molecule has 88 valence electrons. The van der Waals surface area contributed by atoms with Crippen molar-refractivity contribution < 1.29 is 0 Å². The maximum Gasteiger partial charge on any atom is 0.00925 e. The smallest absolute Gasteiger partial charge is 0.00925 e. The molecular formula is C14H27N. The lowest BCUT2D eigenvalue weighted by Crippen LogP contribution is -2.36. The van der Waals surface area contributed by atoms with Gasteiger partial charge in [-0.25, -0.2) is 0 Å². The molecule has 0 amide bonds. The van der Waals surface area contributed by atoms with Crippen LogP contribution in [0, 0.1) is 11.8 Å². The molecule has 15 heavy (non-hydrogen) atoms. The summed E-state index contributed by atoms with van der Waals surface area (Å²) < 4.78 is 0. The predicted octanol–water partition coefficient (Wildman–Crippen LogP) is 3.76. The van der Waals surface area contributed by atoms with E-state index >= 15 is 0 Å². The Morgan fingerprint density at radius 2 is 2.27 bits per heavy atom. The summed E-state index contributed by atoms with van der Waals surface area (Å²) in [7, 11) is 2.12. The van der Waals surface area contributed by atoms with Gasteiger partial charge in [0.1, 0.15) is 0 Å². The highest BCUT2D eigenvalue weighted by Crippen LogP contribution is 2.32. The van der Waals surface area contributed by atoms with Crippen molar-refractivity contribution in [3.63, 3.8) is 0 Å². The lowest BCUT2D eigenvalue weighted by molar-refractivity contribution is 0.219. The molecule has 0 saturated heterocycles. The quantitative estimate of drug-likeness (QED) is 0.519. The van der Waals surface area contributed by atoms with E-state index in [1.165, 1.54) is 44.9 Å². The third-order valence-electron chi connectivity index (χ3n) is 3.84. The Hall–Kier alpha value is -0.300. The summed E-state index contributed by atoms with van der Waals surface area (Å²) in [6.07, 6.45) is 11.6. The molecule has 0 aliphatic heterocycles. The molecule has 1 aliphatic carbocycles. The number of unbranched alkanes of at least 4 members (excludes halogenated alkanes) is 1. The zero-order chi connectivity index (χ0) is 11.1. The van der Waals surface area contributed by atoms with E-state index in [9.17, 15) is 0 Å². The fraction of sp³-hybridized carbons (Fsp3) is 0.857. The van der Waals surface area contributed by atoms with Crippen molar-refractivity contribution in [2.75, 3.05) is 7.05 Å². The number of rotatable bonds is 6. The first-order valence-corrected chi connectivity index (χ1v) is 6.56. The number of hydrogen-bond acceptors (Lipinski definition) is 1. The van der Waals surface area contributed by atoms with Gasteiger partial charge in [-0.2, -0.15) is 0 Å². The Balaban J connectivity index is 2.32. The number of allylic oxidation sites excluding steroid dienone is 1. The van der Waals surface area contributed by atoms with Gasteiger partial charge in [0.25, 0.3) is 0 Å². The molecule has 3 atom stereocenters. The van der Waals surface area contributed by atoms with Gasteiger partial charge in [-0.05, 0) is 51.0 Å². The van der Waals surface area contributed by atoms with Crippen molar-refractivity contribution >= 4 is 0 Å². The summed E-state index contributed by atoms with van der Waals surface area (Å²) in [5.41, 5.74) is 0. The van der Waals surface area contributed by atoms with E-state index < -0.39 is 0 Å². The summed E-state index contributed by atoms with van der Waals surface area (Å²) in [5, 5.41) is 3.52. The van der Waals surface area contributed by atoms with E-state index in [-0.39, 0.29) is 0 Å². The first-order chi connectivity index (χ1) is 7.27. The Kier molecular flexibility index (Phi) is 6.00. The third-order valence-corrected chi connectivity index (χ3v) is 3.84. The van der Waals surface area contributed by atoms with Crippen LogP contribution in [0.2, 0.25) is 0 Å². The van der Waals surface area contributed by atoms with Crippen LogP contribution in [0.1, 0.15) is 51.9 Å². The number of nitrogens with one attached hydrogen (secondary N) is 1. The summed E-state index contributed by atoms with van der Waals surface area (Å²) in [5.74, 6) is 1.86. The van der Waals surface area contributed by atoms with E-state index in [1.54, 1.807) is 0 Å². The second-order valence-corrected chi connectivity index (χ2v) is 5.15. The van der Waals surface area contributed by atoms with Gasteiger partial charge in [0.05, 0.1) is 0 Å². The Labute approximate surface area is 95.3 Å². The molecule has 3 unspecified atom stereocenters. The molecule has 0 spiro atoms. The molecule has 0 radical (unpaired) electrons.